The Morgan fingerprint density at radius 1 is 1.53 bits per heavy atom. The van der Waals surface area contributed by atoms with Gasteiger partial charge in [-0.2, -0.15) is 0 Å². The third-order valence-corrected chi connectivity index (χ3v) is 3.80. The van der Waals surface area contributed by atoms with Crippen LogP contribution in [0.5, 0.6) is 0 Å². The lowest BCUT2D eigenvalue weighted by atomic mass is 10.2. The molecule has 15 heavy (non-hydrogen) atoms. The molecule has 0 saturated heterocycles. The summed E-state index contributed by atoms with van der Waals surface area (Å²) >= 11 is 1.34. The van der Waals surface area contributed by atoms with Crippen molar-refractivity contribution in [3.63, 3.8) is 0 Å². The molecule has 0 amide bonds. The third-order valence-electron chi connectivity index (χ3n) is 1.82. The van der Waals surface area contributed by atoms with E-state index in [1.54, 1.807) is 6.20 Å². The number of rotatable bonds is 5. The van der Waals surface area contributed by atoms with E-state index in [0.717, 1.165) is 5.01 Å². The van der Waals surface area contributed by atoms with Gasteiger partial charge in [-0.3, -0.25) is 4.79 Å². The number of thiazole rings is 1. The molecule has 0 fully saturated rings. The van der Waals surface area contributed by atoms with Crippen molar-refractivity contribution in [3.05, 3.63) is 16.1 Å². The van der Waals surface area contributed by atoms with E-state index in [0.29, 0.717) is 11.3 Å². The zero-order valence-corrected chi connectivity index (χ0v) is 10.3. The summed E-state index contributed by atoms with van der Waals surface area (Å²) in [6.45, 7) is 1.83. The number of Topliss-reactive ketones (excluding diaryl/α,β-unsaturated/α-hetero) is 1. The van der Waals surface area contributed by atoms with Gasteiger partial charge in [-0.1, -0.05) is 0 Å². The molecule has 0 N–H and O–H groups in total. The SMILES string of the molecule is Cc1ncc(C(=O)CCCS(C)(=O)=O)s1. The van der Waals surface area contributed by atoms with Crippen molar-refractivity contribution in [1.29, 1.82) is 0 Å². The first-order chi connectivity index (χ1) is 6.88. The van der Waals surface area contributed by atoms with E-state index in [2.05, 4.69) is 4.98 Å². The molecule has 0 saturated carbocycles. The lowest BCUT2D eigenvalue weighted by Crippen LogP contribution is -2.05. The lowest BCUT2D eigenvalue weighted by Gasteiger charge is -1.96. The van der Waals surface area contributed by atoms with Gasteiger partial charge in [-0.25, -0.2) is 13.4 Å². The second-order valence-electron chi connectivity index (χ2n) is 3.40. The lowest BCUT2D eigenvalue weighted by molar-refractivity contribution is 0.0986. The van der Waals surface area contributed by atoms with E-state index in [-0.39, 0.29) is 18.0 Å². The molecule has 0 atom stereocenters. The number of nitrogens with zero attached hydrogens (tertiary/aromatic N) is 1. The van der Waals surface area contributed by atoms with Gasteiger partial charge in [0.1, 0.15) is 9.84 Å². The van der Waals surface area contributed by atoms with Crippen LogP contribution in [0.3, 0.4) is 0 Å². The van der Waals surface area contributed by atoms with Crippen LogP contribution >= 0.6 is 11.3 Å². The minimum Gasteiger partial charge on any atom is -0.293 e. The van der Waals surface area contributed by atoms with E-state index < -0.39 is 9.84 Å². The Hall–Kier alpha value is -0.750. The van der Waals surface area contributed by atoms with Gasteiger partial charge in [0.05, 0.1) is 15.6 Å². The molecule has 0 aliphatic carbocycles. The molecule has 0 spiro atoms. The Morgan fingerprint density at radius 2 is 2.20 bits per heavy atom. The summed E-state index contributed by atoms with van der Waals surface area (Å²) in [5.74, 6) is 0.0422. The molecule has 0 unspecified atom stereocenters. The Morgan fingerprint density at radius 3 is 2.67 bits per heavy atom. The smallest absolute Gasteiger partial charge is 0.174 e. The Labute approximate surface area is 93.3 Å². The molecule has 0 aliphatic rings. The van der Waals surface area contributed by atoms with Crippen molar-refractivity contribution in [1.82, 2.24) is 4.98 Å². The van der Waals surface area contributed by atoms with Crippen molar-refractivity contribution in [3.8, 4) is 0 Å². The monoisotopic (exact) mass is 247 g/mol. The molecule has 1 aromatic rings. The van der Waals surface area contributed by atoms with Gasteiger partial charge in [0.25, 0.3) is 0 Å². The highest BCUT2D eigenvalue weighted by Crippen LogP contribution is 2.14. The van der Waals surface area contributed by atoms with Gasteiger partial charge >= 0.3 is 0 Å². The minimum absolute atomic E-state index is 0.0238. The zero-order valence-electron chi connectivity index (χ0n) is 8.69. The van der Waals surface area contributed by atoms with E-state index in [9.17, 15) is 13.2 Å². The second-order valence-corrected chi connectivity index (χ2v) is 6.89. The topological polar surface area (TPSA) is 64.1 Å². The van der Waals surface area contributed by atoms with E-state index in [4.69, 9.17) is 0 Å². The quantitative estimate of drug-likeness (QED) is 0.739. The first-order valence-corrected chi connectivity index (χ1v) is 7.39. The second kappa shape index (κ2) is 4.85. The van der Waals surface area contributed by atoms with Gasteiger partial charge in [-0.05, 0) is 13.3 Å². The van der Waals surface area contributed by atoms with E-state index >= 15 is 0 Å². The van der Waals surface area contributed by atoms with Crippen molar-refractivity contribution in [2.75, 3.05) is 12.0 Å². The van der Waals surface area contributed by atoms with Crippen LogP contribution in [0.15, 0.2) is 6.20 Å². The number of sulfone groups is 1. The average Bonchev–Trinajstić information content (AvgIpc) is 2.49. The normalized spacial score (nSPS) is 11.6. The molecule has 1 aromatic heterocycles. The highest BCUT2D eigenvalue weighted by atomic mass is 32.2. The fraction of sp³-hybridized carbons (Fsp3) is 0.556. The molecule has 1 heterocycles. The van der Waals surface area contributed by atoms with Crippen LogP contribution in [0.2, 0.25) is 0 Å². The largest absolute Gasteiger partial charge is 0.293 e. The predicted molar refractivity (Wildman–Crippen MR) is 60.1 cm³/mol. The van der Waals surface area contributed by atoms with E-state index in [1.165, 1.54) is 17.6 Å². The minimum atomic E-state index is -2.96. The van der Waals surface area contributed by atoms with Crippen LogP contribution in [-0.2, 0) is 9.84 Å². The molecule has 1 rings (SSSR count). The molecule has 0 radical (unpaired) electrons. The summed E-state index contributed by atoms with van der Waals surface area (Å²) in [5.41, 5.74) is 0. The van der Waals surface area contributed by atoms with Crippen molar-refractivity contribution in [2.24, 2.45) is 0 Å². The summed E-state index contributed by atoms with van der Waals surface area (Å²) in [7, 11) is -2.96. The molecule has 6 heteroatoms. The molecular formula is C9H13NO3S2. The highest BCUT2D eigenvalue weighted by molar-refractivity contribution is 7.90. The van der Waals surface area contributed by atoms with Gasteiger partial charge < -0.3 is 0 Å². The predicted octanol–water partition coefficient (Wildman–Crippen LogP) is 1.46. The number of ketones is 1. The molecule has 84 valence electrons. The van der Waals surface area contributed by atoms with Crippen LogP contribution in [0.1, 0.15) is 27.5 Å². The molecule has 0 aliphatic heterocycles. The summed E-state index contributed by atoms with van der Waals surface area (Å²) in [6.07, 6.45) is 3.38. The van der Waals surface area contributed by atoms with Crippen LogP contribution < -0.4 is 0 Å². The number of hydrogen-bond acceptors (Lipinski definition) is 5. The summed E-state index contributed by atoms with van der Waals surface area (Å²) in [5, 5.41) is 0.849. The van der Waals surface area contributed by atoms with Gasteiger partial charge in [0, 0.05) is 18.9 Å². The van der Waals surface area contributed by atoms with Crippen LogP contribution in [0.25, 0.3) is 0 Å². The number of carbonyl (C=O) groups is 1. The van der Waals surface area contributed by atoms with Crippen LogP contribution in [0.4, 0.5) is 0 Å². The van der Waals surface area contributed by atoms with Gasteiger partial charge in [0.2, 0.25) is 0 Å². The van der Waals surface area contributed by atoms with Crippen molar-refractivity contribution < 1.29 is 13.2 Å². The standard InChI is InChI=1S/C9H13NO3S2/c1-7-10-6-9(14-7)8(11)4-3-5-15(2,12)13/h6H,3-5H2,1-2H3. The Bertz CT molecular complexity index is 448. The Kier molecular flexibility index (Phi) is 3.98. The maximum atomic E-state index is 11.5. The van der Waals surface area contributed by atoms with E-state index in [1.807, 2.05) is 6.92 Å². The van der Waals surface area contributed by atoms with Crippen molar-refractivity contribution in [2.45, 2.75) is 19.8 Å². The van der Waals surface area contributed by atoms with Gasteiger partial charge in [-0.15, -0.1) is 11.3 Å². The molecule has 4 nitrogen and oxygen atoms in total. The average molecular weight is 247 g/mol. The van der Waals surface area contributed by atoms with Crippen molar-refractivity contribution >= 4 is 27.0 Å². The zero-order chi connectivity index (χ0) is 11.5. The molecule has 0 aromatic carbocycles. The Balaban J connectivity index is 2.44. The fourth-order valence-electron chi connectivity index (χ4n) is 1.11. The summed E-state index contributed by atoms with van der Waals surface area (Å²) < 4.78 is 21.7. The van der Waals surface area contributed by atoms with Crippen LogP contribution in [0, 0.1) is 6.92 Å². The number of aryl methyl sites for hydroxylation is 1. The highest BCUT2D eigenvalue weighted by Gasteiger charge is 2.10. The van der Waals surface area contributed by atoms with Gasteiger partial charge in [0.15, 0.2) is 5.78 Å². The fourth-order valence-corrected chi connectivity index (χ4v) is 2.52. The number of hydrogen-bond donors (Lipinski definition) is 0. The molecular weight excluding hydrogens is 234 g/mol. The first kappa shape index (κ1) is 12.3. The summed E-state index contributed by atoms with van der Waals surface area (Å²) in [6, 6.07) is 0. The number of aromatic nitrogens is 1. The maximum Gasteiger partial charge on any atom is 0.174 e. The summed E-state index contributed by atoms with van der Waals surface area (Å²) in [4.78, 5) is 16.1. The molecule has 0 bridgehead atoms. The third kappa shape index (κ3) is 4.53. The first-order valence-electron chi connectivity index (χ1n) is 4.52. The maximum absolute atomic E-state index is 11.5. The number of carbonyl (C=O) groups excluding carboxylic acids is 1. The van der Waals surface area contributed by atoms with Crippen LogP contribution in [-0.4, -0.2) is 31.2 Å².